The molecule has 1 aliphatic rings. The smallest absolute Gasteiger partial charge is 0.272 e. The maximum Gasteiger partial charge on any atom is 0.272 e. The molecule has 30 heavy (non-hydrogen) atoms. The highest BCUT2D eigenvalue weighted by atomic mass is 35.5. The van der Waals surface area contributed by atoms with E-state index < -0.39 is 0 Å². The molecule has 0 atom stereocenters. The van der Waals surface area contributed by atoms with E-state index in [1.807, 2.05) is 32.1 Å². The van der Waals surface area contributed by atoms with E-state index >= 15 is 0 Å². The number of carbonyl (C=O) groups excluding carboxylic acids is 1. The number of nitrogens with one attached hydrogen (secondary N) is 2. The highest BCUT2D eigenvalue weighted by molar-refractivity contribution is 6.33. The average Bonchev–Trinajstić information content (AvgIpc) is 3.16. The molecule has 0 unspecified atom stereocenters. The Labute approximate surface area is 182 Å². The van der Waals surface area contributed by atoms with E-state index in [0.717, 1.165) is 42.9 Å². The van der Waals surface area contributed by atoms with Gasteiger partial charge in [0.2, 0.25) is 0 Å². The van der Waals surface area contributed by atoms with E-state index in [2.05, 4.69) is 32.3 Å². The van der Waals surface area contributed by atoms with Gasteiger partial charge in [-0.2, -0.15) is 0 Å². The van der Waals surface area contributed by atoms with Gasteiger partial charge in [0.05, 0.1) is 6.10 Å². The first kappa shape index (κ1) is 22.1. The summed E-state index contributed by atoms with van der Waals surface area (Å²) in [7, 11) is 0. The molecule has 160 valence electrons. The Kier molecular flexibility index (Phi) is 7.71. The fraction of sp³-hybridized carbons (Fsp3) is 0.391. The van der Waals surface area contributed by atoms with Crippen LogP contribution in [-0.4, -0.2) is 40.2 Å². The van der Waals surface area contributed by atoms with Crippen LogP contribution in [0.3, 0.4) is 0 Å². The molecule has 0 radical (unpaired) electrons. The largest absolute Gasteiger partial charge is 0.393 e. The number of benzene rings is 1. The second-order valence-corrected chi connectivity index (χ2v) is 7.84. The van der Waals surface area contributed by atoms with Gasteiger partial charge < -0.3 is 20.3 Å². The molecular formula is C23H29ClN4O2. The number of nitrogens with zero attached hydrogens (tertiary/aromatic N) is 2. The van der Waals surface area contributed by atoms with Crippen LogP contribution in [0.2, 0.25) is 0 Å². The number of aliphatic hydroxyl groups excluding tert-OH is 1. The van der Waals surface area contributed by atoms with Crippen LogP contribution < -0.4 is 10.2 Å². The summed E-state index contributed by atoms with van der Waals surface area (Å²) in [5.41, 5.74) is 3.35. The molecule has 1 aliphatic heterocycles. The normalized spacial score (nSPS) is 15.7. The van der Waals surface area contributed by atoms with Crippen LogP contribution in [0.5, 0.6) is 0 Å². The molecule has 3 rings (SSSR count). The average molecular weight is 429 g/mol. The summed E-state index contributed by atoms with van der Waals surface area (Å²) in [6.07, 6.45) is 7.42. The Morgan fingerprint density at radius 3 is 2.67 bits per heavy atom. The molecule has 1 fully saturated rings. The van der Waals surface area contributed by atoms with Gasteiger partial charge in [0, 0.05) is 36.0 Å². The molecule has 0 aliphatic carbocycles. The van der Waals surface area contributed by atoms with Crippen molar-refractivity contribution in [2.24, 2.45) is 0 Å². The lowest BCUT2D eigenvalue weighted by Gasteiger charge is -2.31. The third kappa shape index (κ3) is 5.74. The molecule has 0 saturated carbocycles. The standard InChI is InChI=1S/C23H29ClN4O2/c1-3-5-17(24)14-21-26-20(4-2)22(27-21)23(30)25-15-16-6-8-18(9-7-16)28-12-10-19(29)11-13-28/h3,5-9,14,19,29H,4,10-13,15H2,1-2H3,(H,25,30)(H,26,27)/b5-3-,17-14+. The number of carbonyl (C=O) groups is 1. The maximum absolute atomic E-state index is 12.7. The topological polar surface area (TPSA) is 81.2 Å². The van der Waals surface area contributed by atoms with Gasteiger partial charge in [-0.05, 0) is 56.0 Å². The second-order valence-electron chi connectivity index (χ2n) is 7.40. The number of imidazole rings is 1. The summed E-state index contributed by atoms with van der Waals surface area (Å²) >= 11 is 6.11. The molecule has 0 spiro atoms. The van der Waals surface area contributed by atoms with Gasteiger partial charge in [-0.25, -0.2) is 4.98 Å². The van der Waals surface area contributed by atoms with Gasteiger partial charge in [-0.1, -0.05) is 36.7 Å². The second kappa shape index (κ2) is 10.5. The highest BCUT2D eigenvalue weighted by Gasteiger charge is 2.18. The van der Waals surface area contributed by atoms with Crippen LogP contribution in [0.1, 0.15) is 54.3 Å². The van der Waals surface area contributed by atoms with E-state index in [4.69, 9.17) is 11.6 Å². The fourth-order valence-corrected chi connectivity index (χ4v) is 3.72. The molecule has 3 N–H and O–H groups in total. The summed E-state index contributed by atoms with van der Waals surface area (Å²) < 4.78 is 0. The van der Waals surface area contributed by atoms with Gasteiger partial charge in [0.25, 0.3) is 5.91 Å². The number of halogens is 1. The van der Waals surface area contributed by atoms with Crippen molar-refractivity contribution in [3.8, 4) is 0 Å². The SMILES string of the molecule is C/C=C\C(Cl)=C/c1nc(C(=O)NCc2ccc(N3CCC(O)CC3)cc2)c(CC)[nH]1. The molecule has 2 aromatic rings. The van der Waals surface area contributed by atoms with Crippen molar-refractivity contribution < 1.29 is 9.90 Å². The van der Waals surface area contributed by atoms with Crippen LogP contribution in [0.25, 0.3) is 6.08 Å². The Morgan fingerprint density at radius 2 is 2.03 bits per heavy atom. The molecule has 1 saturated heterocycles. The number of anilines is 1. The maximum atomic E-state index is 12.7. The number of H-pyrrole nitrogens is 1. The van der Waals surface area contributed by atoms with Gasteiger partial charge in [-0.15, -0.1) is 0 Å². The first-order chi connectivity index (χ1) is 14.5. The minimum absolute atomic E-state index is 0.180. The lowest BCUT2D eigenvalue weighted by Crippen LogP contribution is -2.35. The summed E-state index contributed by atoms with van der Waals surface area (Å²) in [4.78, 5) is 22.5. The predicted octanol–water partition coefficient (Wildman–Crippen LogP) is 4.02. The van der Waals surface area contributed by atoms with E-state index in [9.17, 15) is 9.90 Å². The van der Waals surface area contributed by atoms with Crippen LogP contribution >= 0.6 is 11.6 Å². The summed E-state index contributed by atoms with van der Waals surface area (Å²) in [6, 6.07) is 8.18. The molecule has 0 bridgehead atoms. The van der Waals surface area contributed by atoms with Crippen molar-refractivity contribution in [2.75, 3.05) is 18.0 Å². The lowest BCUT2D eigenvalue weighted by molar-refractivity contribution is 0.0945. The van der Waals surface area contributed by atoms with Crippen molar-refractivity contribution in [2.45, 2.75) is 45.8 Å². The van der Waals surface area contributed by atoms with Crippen LogP contribution in [0, 0.1) is 0 Å². The number of allylic oxidation sites excluding steroid dienone is 3. The molecule has 2 heterocycles. The molecule has 6 nitrogen and oxygen atoms in total. The van der Waals surface area contributed by atoms with Crippen molar-refractivity contribution in [1.82, 2.24) is 15.3 Å². The summed E-state index contributed by atoms with van der Waals surface area (Å²) in [6.45, 7) is 6.02. The number of aromatic nitrogens is 2. The predicted molar refractivity (Wildman–Crippen MR) is 122 cm³/mol. The number of piperidine rings is 1. The van der Waals surface area contributed by atoms with Crippen molar-refractivity contribution in [1.29, 1.82) is 0 Å². The third-order valence-corrected chi connectivity index (χ3v) is 5.42. The number of aromatic amines is 1. The summed E-state index contributed by atoms with van der Waals surface area (Å²) in [5.74, 6) is 0.357. The van der Waals surface area contributed by atoms with Gasteiger partial charge in [-0.3, -0.25) is 4.79 Å². The zero-order valence-electron chi connectivity index (χ0n) is 17.5. The Balaban J connectivity index is 1.61. The number of aliphatic hydroxyl groups is 1. The molecule has 1 amide bonds. The number of aryl methyl sites for hydroxylation is 1. The number of hydrogen-bond acceptors (Lipinski definition) is 4. The van der Waals surface area contributed by atoms with Gasteiger partial charge in [0.15, 0.2) is 0 Å². The van der Waals surface area contributed by atoms with Gasteiger partial charge in [0.1, 0.15) is 11.5 Å². The Bertz CT molecular complexity index is 910. The van der Waals surface area contributed by atoms with E-state index in [1.165, 1.54) is 0 Å². The Hall–Kier alpha value is -2.57. The number of amides is 1. The Morgan fingerprint density at radius 1 is 1.33 bits per heavy atom. The lowest BCUT2D eigenvalue weighted by atomic mass is 10.1. The quantitative estimate of drug-likeness (QED) is 0.582. The number of rotatable bonds is 7. The fourth-order valence-electron chi connectivity index (χ4n) is 3.49. The first-order valence-corrected chi connectivity index (χ1v) is 10.8. The zero-order chi connectivity index (χ0) is 21.5. The van der Waals surface area contributed by atoms with Gasteiger partial charge >= 0.3 is 0 Å². The van der Waals surface area contributed by atoms with E-state index in [1.54, 1.807) is 12.2 Å². The minimum Gasteiger partial charge on any atom is -0.393 e. The molecule has 1 aromatic heterocycles. The zero-order valence-corrected chi connectivity index (χ0v) is 18.2. The number of hydrogen-bond donors (Lipinski definition) is 3. The van der Waals surface area contributed by atoms with E-state index in [-0.39, 0.29) is 12.0 Å². The minimum atomic E-state index is -0.209. The van der Waals surface area contributed by atoms with E-state index in [0.29, 0.717) is 29.5 Å². The third-order valence-electron chi connectivity index (χ3n) is 5.19. The first-order valence-electron chi connectivity index (χ1n) is 10.4. The van der Waals surface area contributed by atoms with Crippen LogP contribution in [-0.2, 0) is 13.0 Å². The van der Waals surface area contributed by atoms with Crippen molar-refractivity contribution in [3.63, 3.8) is 0 Å². The molecule has 7 heteroatoms. The van der Waals surface area contributed by atoms with Crippen molar-refractivity contribution in [3.05, 3.63) is 64.2 Å². The monoisotopic (exact) mass is 428 g/mol. The highest BCUT2D eigenvalue weighted by Crippen LogP contribution is 2.20. The van der Waals surface area contributed by atoms with Crippen LogP contribution in [0.4, 0.5) is 5.69 Å². The molecule has 1 aromatic carbocycles. The molecular weight excluding hydrogens is 400 g/mol. The summed E-state index contributed by atoms with van der Waals surface area (Å²) in [5, 5.41) is 13.1. The van der Waals surface area contributed by atoms with Crippen molar-refractivity contribution >= 4 is 29.3 Å². The van der Waals surface area contributed by atoms with Crippen LogP contribution in [0.15, 0.2) is 41.4 Å².